The second kappa shape index (κ2) is 6.58. The van der Waals surface area contributed by atoms with Crippen LogP contribution in [0.2, 0.25) is 0 Å². The molecule has 0 radical (unpaired) electrons. The molecule has 0 bridgehead atoms. The van der Waals surface area contributed by atoms with Crippen LogP contribution in [0.3, 0.4) is 0 Å². The third kappa shape index (κ3) is 4.82. The lowest BCUT2D eigenvalue weighted by atomic mass is 10.0. The number of alkyl halides is 3. The summed E-state index contributed by atoms with van der Waals surface area (Å²) in [6.07, 6.45) is -1.52. The Kier molecular flexibility index (Phi) is 5.00. The van der Waals surface area contributed by atoms with Crippen molar-refractivity contribution in [2.45, 2.75) is 25.1 Å². The Bertz CT molecular complexity index is 579. The van der Waals surface area contributed by atoms with Crippen LogP contribution in [0.25, 0.3) is 0 Å². The molecule has 1 aromatic carbocycles. The Hall–Kier alpha value is -1.40. The molecular formula is C15H14BrF3N2. The molecule has 1 atom stereocenters. The van der Waals surface area contributed by atoms with Crippen molar-refractivity contribution in [1.29, 1.82) is 0 Å². The fourth-order valence-electron chi connectivity index (χ4n) is 2.00. The highest BCUT2D eigenvalue weighted by Crippen LogP contribution is 2.29. The third-order valence-electron chi connectivity index (χ3n) is 3.04. The van der Waals surface area contributed by atoms with E-state index in [9.17, 15) is 13.2 Å². The topological polar surface area (TPSA) is 38.9 Å². The van der Waals surface area contributed by atoms with Gasteiger partial charge in [0.05, 0.1) is 5.56 Å². The van der Waals surface area contributed by atoms with E-state index in [1.165, 1.54) is 12.1 Å². The molecule has 0 saturated heterocycles. The zero-order valence-electron chi connectivity index (χ0n) is 11.1. The molecule has 6 heteroatoms. The van der Waals surface area contributed by atoms with Crippen molar-refractivity contribution in [3.05, 3.63) is 63.9 Å². The minimum atomic E-state index is -4.30. The van der Waals surface area contributed by atoms with E-state index >= 15 is 0 Å². The van der Waals surface area contributed by atoms with Crippen molar-refractivity contribution in [2.75, 3.05) is 0 Å². The van der Waals surface area contributed by atoms with Gasteiger partial charge >= 0.3 is 6.18 Å². The van der Waals surface area contributed by atoms with E-state index in [1.807, 2.05) is 12.1 Å². The van der Waals surface area contributed by atoms with Crippen molar-refractivity contribution in [1.82, 2.24) is 4.98 Å². The first-order chi connectivity index (χ1) is 9.84. The van der Waals surface area contributed by atoms with Crippen LogP contribution in [0.4, 0.5) is 13.2 Å². The number of halogens is 4. The SMILES string of the molecule is NC(Cc1ccc(C(F)(F)F)cc1)Cc1ccc(Br)cn1. The second-order valence-corrected chi connectivity index (χ2v) is 5.75. The van der Waals surface area contributed by atoms with Crippen molar-refractivity contribution in [2.24, 2.45) is 5.73 Å². The van der Waals surface area contributed by atoms with E-state index in [2.05, 4.69) is 20.9 Å². The maximum atomic E-state index is 12.5. The second-order valence-electron chi connectivity index (χ2n) is 4.83. The fourth-order valence-corrected chi connectivity index (χ4v) is 2.24. The molecule has 112 valence electrons. The first kappa shape index (κ1) is 16.0. The summed E-state index contributed by atoms with van der Waals surface area (Å²) < 4.78 is 38.3. The zero-order chi connectivity index (χ0) is 15.5. The van der Waals surface area contributed by atoms with Gasteiger partial charge in [0.1, 0.15) is 0 Å². The third-order valence-corrected chi connectivity index (χ3v) is 3.51. The summed E-state index contributed by atoms with van der Waals surface area (Å²) in [5.74, 6) is 0. The molecule has 0 spiro atoms. The maximum absolute atomic E-state index is 12.5. The van der Waals surface area contributed by atoms with Gasteiger partial charge in [-0.05, 0) is 52.2 Å². The van der Waals surface area contributed by atoms with Crippen LogP contribution in [0.15, 0.2) is 47.1 Å². The highest BCUT2D eigenvalue weighted by molar-refractivity contribution is 9.10. The molecule has 0 amide bonds. The number of rotatable bonds is 4. The van der Waals surface area contributed by atoms with E-state index < -0.39 is 11.7 Å². The van der Waals surface area contributed by atoms with Crippen LogP contribution in [-0.4, -0.2) is 11.0 Å². The lowest BCUT2D eigenvalue weighted by Gasteiger charge is -2.12. The van der Waals surface area contributed by atoms with Gasteiger partial charge in [-0.3, -0.25) is 4.98 Å². The predicted octanol–water partition coefficient (Wildman–Crippen LogP) is 3.98. The first-order valence-electron chi connectivity index (χ1n) is 6.37. The molecule has 0 aliphatic heterocycles. The monoisotopic (exact) mass is 358 g/mol. The summed E-state index contributed by atoms with van der Waals surface area (Å²) in [4.78, 5) is 4.23. The van der Waals surface area contributed by atoms with Crippen LogP contribution in [0.5, 0.6) is 0 Å². The molecule has 0 fully saturated rings. The largest absolute Gasteiger partial charge is 0.416 e. The molecule has 2 rings (SSSR count). The fraction of sp³-hybridized carbons (Fsp3) is 0.267. The highest BCUT2D eigenvalue weighted by Gasteiger charge is 2.29. The van der Waals surface area contributed by atoms with Gasteiger partial charge in [0.2, 0.25) is 0 Å². The van der Waals surface area contributed by atoms with Gasteiger partial charge < -0.3 is 5.73 Å². The molecule has 2 N–H and O–H groups in total. The minimum Gasteiger partial charge on any atom is -0.327 e. The molecule has 2 nitrogen and oxygen atoms in total. The Labute approximate surface area is 129 Å². The molecule has 2 aromatic rings. The van der Waals surface area contributed by atoms with Gasteiger partial charge in [0.25, 0.3) is 0 Å². The summed E-state index contributed by atoms with van der Waals surface area (Å²) in [5.41, 5.74) is 7.03. The number of aromatic nitrogens is 1. The summed E-state index contributed by atoms with van der Waals surface area (Å²) in [7, 11) is 0. The summed E-state index contributed by atoms with van der Waals surface area (Å²) in [5, 5.41) is 0. The quantitative estimate of drug-likeness (QED) is 0.897. The zero-order valence-corrected chi connectivity index (χ0v) is 12.7. The summed E-state index contributed by atoms with van der Waals surface area (Å²) >= 11 is 3.30. The summed E-state index contributed by atoms with van der Waals surface area (Å²) in [6.45, 7) is 0. The Morgan fingerprint density at radius 1 is 1.05 bits per heavy atom. The van der Waals surface area contributed by atoms with Gasteiger partial charge in [-0.2, -0.15) is 13.2 Å². The molecule has 0 aliphatic rings. The van der Waals surface area contributed by atoms with Gasteiger partial charge in [0.15, 0.2) is 0 Å². The lowest BCUT2D eigenvalue weighted by Crippen LogP contribution is -2.26. The van der Waals surface area contributed by atoms with Crippen LogP contribution >= 0.6 is 15.9 Å². The Morgan fingerprint density at radius 2 is 1.71 bits per heavy atom. The van der Waals surface area contributed by atoms with Gasteiger partial charge in [-0.15, -0.1) is 0 Å². The molecule has 1 unspecified atom stereocenters. The molecule has 1 aromatic heterocycles. The molecule has 0 saturated carbocycles. The van der Waals surface area contributed by atoms with E-state index in [0.717, 1.165) is 27.9 Å². The van der Waals surface area contributed by atoms with E-state index in [4.69, 9.17) is 5.73 Å². The normalized spacial score (nSPS) is 13.2. The number of nitrogens with two attached hydrogens (primary N) is 1. The molecule has 0 aliphatic carbocycles. The number of benzene rings is 1. The molecule has 21 heavy (non-hydrogen) atoms. The number of nitrogens with zero attached hydrogens (tertiary/aromatic N) is 1. The van der Waals surface area contributed by atoms with Crippen LogP contribution in [0.1, 0.15) is 16.8 Å². The van der Waals surface area contributed by atoms with Gasteiger partial charge in [-0.25, -0.2) is 0 Å². The first-order valence-corrected chi connectivity index (χ1v) is 7.16. The lowest BCUT2D eigenvalue weighted by molar-refractivity contribution is -0.137. The van der Waals surface area contributed by atoms with E-state index in [-0.39, 0.29) is 6.04 Å². The Balaban J connectivity index is 1.96. The van der Waals surface area contributed by atoms with E-state index in [0.29, 0.717) is 12.8 Å². The van der Waals surface area contributed by atoms with Crippen LogP contribution in [-0.2, 0) is 19.0 Å². The van der Waals surface area contributed by atoms with Crippen LogP contribution in [0, 0.1) is 0 Å². The average molecular weight is 359 g/mol. The minimum absolute atomic E-state index is 0.185. The van der Waals surface area contributed by atoms with Crippen molar-refractivity contribution in [3.8, 4) is 0 Å². The summed E-state index contributed by atoms with van der Waals surface area (Å²) in [6, 6.07) is 8.68. The number of hydrogen-bond acceptors (Lipinski definition) is 2. The van der Waals surface area contributed by atoms with Crippen LogP contribution < -0.4 is 5.73 Å². The van der Waals surface area contributed by atoms with Crippen molar-refractivity contribution < 1.29 is 13.2 Å². The van der Waals surface area contributed by atoms with Gasteiger partial charge in [-0.1, -0.05) is 12.1 Å². The smallest absolute Gasteiger partial charge is 0.327 e. The number of hydrogen-bond donors (Lipinski definition) is 1. The predicted molar refractivity (Wildman–Crippen MR) is 78.8 cm³/mol. The highest BCUT2D eigenvalue weighted by atomic mass is 79.9. The van der Waals surface area contributed by atoms with Gasteiger partial charge in [0, 0.05) is 28.8 Å². The standard InChI is InChI=1S/C15H14BrF3N2/c16-12-5-6-14(21-9-12)8-13(20)7-10-1-3-11(4-2-10)15(17,18)19/h1-6,9,13H,7-8,20H2. The average Bonchev–Trinajstić information content (AvgIpc) is 2.41. The number of pyridine rings is 1. The van der Waals surface area contributed by atoms with E-state index in [1.54, 1.807) is 6.20 Å². The Morgan fingerprint density at radius 3 is 2.24 bits per heavy atom. The maximum Gasteiger partial charge on any atom is 0.416 e. The molecule has 1 heterocycles. The van der Waals surface area contributed by atoms with Crippen molar-refractivity contribution >= 4 is 15.9 Å². The molecular weight excluding hydrogens is 345 g/mol. The van der Waals surface area contributed by atoms with Crippen molar-refractivity contribution in [3.63, 3.8) is 0 Å².